The summed E-state index contributed by atoms with van der Waals surface area (Å²) in [6.45, 7) is 12.0. The van der Waals surface area contributed by atoms with E-state index in [0.717, 1.165) is 6.54 Å². The van der Waals surface area contributed by atoms with Crippen molar-refractivity contribution in [1.29, 1.82) is 0 Å². The summed E-state index contributed by atoms with van der Waals surface area (Å²) >= 11 is 0. The number of anilines is 1. The summed E-state index contributed by atoms with van der Waals surface area (Å²) in [5.41, 5.74) is 0.976. The molecule has 2 N–H and O–H groups in total. The molecule has 1 saturated carbocycles. The summed E-state index contributed by atoms with van der Waals surface area (Å²) in [6.07, 6.45) is 4.13. The number of pyridine rings is 1. The maximum atomic E-state index is 14.5. The molecule has 2 rings (SSSR count). The maximum absolute atomic E-state index is 14.5. The highest BCUT2D eigenvalue weighted by Gasteiger charge is 2.45. The molecule has 4 heteroatoms. The van der Waals surface area contributed by atoms with Crippen molar-refractivity contribution in [3.8, 4) is 0 Å². The van der Waals surface area contributed by atoms with E-state index in [9.17, 15) is 4.39 Å². The monoisotopic (exact) mass is 293 g/mol. The number of aromatic nitrogens is 1. The number of rotatable bonds is 6. The van der Waals surface area contributed by atoms with E-state index in [4.69, 9.17) is 0 Å². The molecular weight excluding hydrogens is 265 g/mol. The molecule has 0 spiro atoms. The Morgan fingerprint density at radius 2 is 2.00 bits per heavy atom. The van der Waals surface area contributed by atoms with E-state index >= 15 is 0 Å². The van der Waals surface area contributed by atoms with Crippen LogP contribution in [-0.2, 0) is 6.54 Å². The van der Waals surface area contributed by atoms with Crippen LogP contribution >= 0.6 is 0 Å². The second-order valence-electron chi connectivity index (χ2n) is 7.61. The van der Waals surface area contributed by atoms with Crippen molar-refractivity contribution >= 4 is 5.82 Å². The molecule has 1 aromatic heterocycles. The molecule has 0 atom stereocenters. The Bertz CT molecular complexity index is 487. The van der Waals surface area contributed by atoms with Crippen LogP contribution in [0.2, 0.25) is 0 Å². The lowest BCUT2D eigenvalue weighted by atomic mass is 9.92. The van der Waals surface area contributed by atoms with Crippen LogP contribution < -0.4 is 10.6 Å². The molecule has 1 aromatic rings. The Balaban J connectivity index is 2.01. The average Bonchev–Trinajstić information content (AvgIpc) is 3.16. The lowest BCUT2D eigenvalue weighted by molar-refractivity contribution is 0.379. The molecule has 3 nitrogen and oxygen atoms in total. The van der Waals surface area contributed by atoms with Gasteiger partial charge in [-0.1, -0.05) is 13.8 Å². The van der Waals surface area contributed by atoms with E-state index in [0.29, 0.717) is 29.3 Å². The first-order valence-electron chi connectivity index (χ1n) is 7.86. The van der Waals surface area contributed by atoms with Crippen LogP contribution in [0.1, 0.15) is 53.0 Å². The Kier molecular flexibility index (Phi) is 4.57. The molecule has 0 bridgehead atoms. The highest BCUT2D eigenvalue weighted by atomic mass is 19.1. The van der Waals surface area contributed by atoms with E-state index in [1.165, 1.54) is 12.8 Å². The number of halogens is 1. The van der Waals surface area contributed by atoms with Gasteiger partial charge in [-0.05, 0) is 51.0 Å². The third kappa shape index (κ3) is 4.16. The lowest BCUT2D eigenvalue weighted by Crippen LogP contribution is -2.35. The molecular formula is C17H28FN3. The van der Waals surface area contributed by atoms with Crippen molar-refractivity contribution in [3.63, 3.8) is 0 Å². The van der Waals surface area contributed by atoms with Crippen LogP contribution in [0.4, 0.5) is 10.2 Å². The summed E-state index contributed by atoms with van der Waals surface area (Å²) in [5.74, 6) is 0.780. The first-order valence-corrected chi connectivity index (χ1v) is 7.86. The third-order valence-corrected chi connectivity index (χ3v) is 4.50. The van der Waals surface area contributed by atoms with Gasteiger partial charge in [0.15, 0.2) is 11.6 Å². The van der Waals surface area contributed by atoms with Crippen LogP contribution in [0, 0.1) is 17.2 Å². The average molecular weight is 293 g/mol. The molecule has 1 fully saturated rings. The first kappa shape index (κ1) is 16.2. The summed E-state index contributed by atoms with van der Waals surface area (Å²) < 4.78 is 14.5. The highest BCUT2D eigenvalue weighted by Crippen LogP contribution is 2.51. The number of hydrogen-bond acceptors (Lipinski definition) is 3. The molecule has 1 heterocycles. The smallest absolute Gasteiger partial charge is 0.169 e. The van der Waals surface area contributed by atoms with Crippen LogP contribution in [0.5, 0.6) is 0 Å². The van der Waals surface area contributed by atoms with Gasteiger partial charge >= 0.3 is 0 Å². The SMILES string of the molecule is CC(C)C1(CNc2nccc(CNC(C)(C)C)c2F)CC1. The quantitative estimate of drug-likeness (QED) is 0.833. The van der Waals surface area contributed by atoms with E-state index in [1.807, 2.05) is 0 Å². The topological polar surface area (TPSA) is 37.0 Å². The van der Waals surface area contributed by atoms with Crippen LogP contribution in [-0.4, -0.2) is 17.1 Å². The third-order valence-electron chi connectivity index (χ3n) is 4.50. The van der Waals surface area contributed by atoms with Crippen molar-refractivity contribution < 1.29 is 4.39 Å². The van der Waals surface area contributed by atoms with Crippen molar-refractivity contribution in [1.82, 2.24) is 10.3 Å². The fourth-order valence-electron chi connectivity index (χ4n) is 2.48. The Morgan fingerprint density at radius 3 is 2.52 bits per heavy atom. The minimum atomic E-state index is -0.228. The van der Waals surface area contributed by atoms with Gasteiger partial charge in [0, 0.05) is 30.4 Å². The van der Waals surface area contributed by atoms with Gasteiger partial charge in [-0.3, -0.25) is 0 Å². The molecule has 1 aliphatic carbocycles. The number of nitrogens with one attached hydrogen (secondary N) is 2. The minimum Gasteiger partial charge on any atom is -0.367 e. The van der Waals surface area contributed by atoms with Gasteiger partial charge in [0.2, 0.25) is 0 Å². The van der Waals surface area contributed by atoms with Crippen LogP contribution in [0.25, 0.3) is 0 Å². The zero-order chi connectivity index (χ0) is 15.7. The van der Waals surface area contributed by atoms with E-state index in [-0.39, 0.29) is 11.4 Å². The van der Waals surface area contributed by atoms with Gasteiger partial charge in [-0.2, -0.15) is 0 Å². The normalized spacial score (nSPS) is 17.1. The van der Waals surface area contributed by atoms with E-state index < -0.39 is 0 Å². The standard InChI is InChI=1S/C17H28FN3/c1-12(2)17(7-8-17)11-20-15-14(18)13(6-9-19-15)10-21-16(3,4)5/h6,9,12,21H,7-8,10-11H2,1-5H3,(H,19,20). The molecule has 0 aromatic carbocycles. The summed E-state index contributed by atoms with van der Waals surface area (Å²) in [5, 5.41) is 6.53. The Labute approximate surface area is 127 Å². The number of nitrogens with zero attached hydrogens (tertiary/aromatic N) is 1. The fourth-order valence-corrected chi connectivity index (χ4v) is 2.48. The van der Waals surface area contributed by atoms with Crippen LogP contribution in [0.3, 0.4) is 0 Å². The molecule has 118 valence electrons. The molecule has 1 aliphatic rings. The summed E-state index contributed by atoms with van der Waals surface area (Å²) in [7, 11) is 0. The first-order chi connectivity index (χ1) is 9.73. The van der Waals surface area contributed by atoms with Crippen LogP contribution in [0.15, 0.2) is 12.3 Å². The van der Waals surface area contributed by atoms with Gasteiger partial charge in [0.25, 0.3) is 0 Å². The zero-order valence-corrected chi connectivity index (χ0v) is 13.9. The lowest BCUT2D eigenvalue weighted by Gasteiger charge is -2.22. The van der Waals surface area contributed by atoms with E-state index in [1.54, 1.807) is 12.3 Å². The fraction of sp³-hybridized carbons (Fsp3) is 0.706. The molecule has 0 saturated heterocycles. The van der Waals surface area contributed by atoms with E-state index in [2.05, 4.69) is 50.2 Å². The predicted octanol–water partition coefficient (Wildman–Crippen LogP) is 3.96. The highest BCUT2D eigenvalue weighted by molar-refractivity contribution is 5.40. The Hall–Kier alpha value is -1.16. The van der Waals surface area contributed by atoms with Crippen molar-refractivity contribution in [2.24, 2.45) is 11.3 Å². The minimum absolute atomic E-state index is 0.0288. The molecule has 0 unspecified atom stereocenters. The molecule has 21 heavy (non-hydrogen) atoms. The second kappa shape index (κ2) is 5.91. The molecule has 0 aliphatic heterocycles. The Morgan fingerprint density at radius 1 is 1.33 bits per heavy atom. The van der Waals surface area contributed by atoms with Crippen molar-refractivity contribution in [3.05, 3.63) is 23.6 Å². The van der Waals surface area contributed by atoms with Gasteiger partial charge in [0.1, 0.15) is 0 Å². The van der Waals surface area contributed by atoms with Gasteiger partial charge < -0.3 is 10.6 Å². The van der Waals surface area contributed by atoms with Gasteiger partial charge in [-0.15, -0.1) is 0 Å². The second-order valence-corrected chi connectivity index (χ2v) is 7.61. The zero-order valence-electron chi connectivity index (χ0n) is 13.9. The maximum Gasteiger partial charge on any atom is 0.169 e. The number of hydrogen-bond donors (Lipinski definition) is 2. The molecule has 0 amide bonds. The summed E-state index contributed by atoms with van der Waals surface area (Å²) in [6, 6.07) is 1.74. The van der Waals surface area contributed by atoms with Gasteiger partial charge in [-0.25, -0.2) is 9.37 Å². The predicted molar refractivity (Wildman–Crippen MR) is 85.8 cm³/mol. The largest absolute Gasteiger partial charge is 0.367 e. The van der Waals surface area contributed by atoms with Crippen molar-refractivity contribution in [2.45, 2.75) is 59.5 Å². The summed E-state index contributed by atoms with van der Waals surface area (Å²) in [4.78, 5) is 4.16. The van der Waals surface area contributed by atoms with Gasteiger partial charge in [0.05, 0.1) is 0 Å². The van der Waals surface area contributed by atoms with Crippen molar-refractivity contribution in [2.75, 3.05) is 11.9 Å². The molecule has 0 radical (unpaired) electrons.